The van der Waals surface area contributed by atoms with Crippen LogP contribution in [0.4, 0.5) is 0 Å². The molecule has 0 spiro atoms. The number of hydrogen-bond acceptors (Lipinski definition) is 3. The molecule has 2 aromatic carbocycles. The van der Waals surface area contributed by atoms with Crippen LogP contribution in [0.5, 0.6) is 5.75 Å². The van der Waals surface area contributed by atoms with Crippen LogP contribution < -0.4 is 10.1 Å². The molecule has 2 amide bonds. The molecule has 0 saturated carbocycles. The molecule has 0 bridgehead atoms. The Hall–Kier alpha value is -3.54. The fraction of sp³-hybridized carbons (Fsp3) is 0.280. The minimum absolute atomic E-state index is 0.0742. The van der Waals surface area contributed by atoms with Crippen molar-refractivity contribution in [1.29, 1.82) is 0 Å². The number of aryl methyl sites for hydroxylation is 1. The van der Waals surface area contributed by atoms with Crippen molar-refractivity contribution >= 4 is 11.8 Å². The van der Waals surface area contributed by atoms with Gasteiger partial charge in [0.2, 0.25) is 0 Å². The van der Waals surface area contributed by atoms with Crippen molar-refractivity contribution in [2.75, 3.05) is 20.7 Å². The largest absolute Gasteiger partial charge is 0.497 e. The number of carbonyl (C=O) groups is 2. The van der Waals surface area contributed by atoms with Gasteiger partial charge in [0.1, 0.15) is 11.4 Å². The maximum absolute atomic E-state index is 13.2. The Morgan fingerprint density at radius 3 is 2.52 bits per heavy atom. The molecule has 1 unspecified atom stereocenters. The highest BCUT2D eigenvalue weighted by molar-refractivity contribution is 5.94. The first kappa shape index (κ1) is 22.2. The van der Waals surface area contributed by atoms with Gasteiger partial charge in [0.15, 0.2) is 0 Å². The van der Waals surface area contributed by atoms with Gasteiger partial charge < -0.3 is 19.5 Å². The summed E-state index contributed by atoms with van der Waals surface area (Å²) in [4.78, 5) is 27.3. The van der Waals surface area contributed by atoms with Gasteiger partial charge in [-0.3, -0.25) is 9.59 Å². The summed E-state index contributed by atoms with van der Waals surface area (Å²) in [7, 11) is 5.24. The normalized spacial score (nSPS) is 11.6. The molecule has 1 N–H and O–H groups in total. The van der Waals surface area contributed by atoms with E-state index in [9.17, 15) is 9.59 Å². The minimum atomic E-state index is -0.118. The van der Waals surface area contributed by atoms with Crippen LogP contribution in [0, 0.1) is 0 Å². The van der Waals surface area contributed by atoms with E-state index in [1.54, 1.807) is 34.8 Å². The molecule has 3 rings (SSSR count). The van der Waals surface area contributed by atoms with Crippen molar-refractivity contribution in [1.82, 2.24) is 14.8 Å². The molecule has 0 aliphatic heterocycles. The van der Waals surface area contributed by atoms with Crippen molar-refractivity contribution in [2.24, 2.45) is 7.05 Å². The summed E-state index contributed by atoms with van der Waals surface area (Å²) in [5.41, 5.74) is 2.33. The summed E-state index contributed by atoms with van der Waals surface area (Å²) in [6, 6.07) is 20.8. The first-order valence-electron chi connectivity index (χ1n) is 10.3. The number of amides is 2. The average Bonchev–Trinajstić information content (AvgIpc) is 3.24. The summed E-state index contributed by atoms with van der Waals surface area (Å²) >= 11 is 0. The predicted octanol–water partition coefficient (Wildman–Crippen LogP) is 3.54. The molecule has 3 aromatic rings. The lowest BCUT2D eigenvalue weighted by Gasteiger charge is -2.29. The number of aromatic nitrogens is 1. The Morgan fingerprint density at radius 1 is 1.06 bits per heavy atom. The first-order valence-corrected chi connectivity index (χ1v) is 10.3. The number of nitrogens with zero attached hydrogens (tertiary/aromatic N) is 2. The highest BCUT2D eigenvalue weighted by atomic mass is 16.5. The average molecular weight is 420 g/mol. The van der Waals surface area contributed by atoms with E-state index in [-0.39, 0.29) is 17.9 Å². The van der Waals surface area contributed by atoms with E-state index < -0.39 is 0 Å². The zero-order valence-electron chi connectivity index (χ0n) is 18.2. The van der Waals surface area contributed by atoms with Crippen molar-refractivity contribution in [2.45, 2.75) is 18.9 Å². The number of carbonyl (C=O) groups excluding carboxylic acids is 2. The van der Waals surface area contributed by atoms with Crippen LogP contribution in [0.2, 0.25) is 0 Å². The molecule has 31 heavy (non-hydrogen) atoms. The number of nitrogens with one attached hydrogen (secondary N) is 1. The Balaban J connectivity index is 1.71. The summed E-state index contributed by atoms with van der Waals surface area (Å²) in [6.07, 6.45) is 3.18. The van der Waals surface area contributed by atoms with Crippen LogP contribution in [0.15, 0.2) is 72.9 Å². The highest BCUT2D eigenvalue weighted by Gasteiger charge is 2.22. The van der Waals surface area contributed by atoms with E-state index in [0.29, 0.717) is 36.4 Å². The standard InChI is InChI=1S/C25H29N3O3/c1-27-16-8-13-23(27)24(29)26-15-14-21(17-19-9-5-4-6-10-19)28(2)25(30)20-11-7-12-22(18-20)31-3/h4-13,16,18,21H,14-15,17H2,1-3H3,(H,26,29). The molecule has 0 aliphatic carbocycles. The predicted molar refractivity (Wildman–Crippen MR) is 121 cm³/mol. The SMILES string of the molecule is COc1cccc(C(=O)N(C)C(CCNC(=O)c2cccn2C)Cc2ccccc2)c1. The molecular formula is C25H29N3O3. The van der Waals surface area contributed by atoms with Gasteiger partial charge >= 0.3 is 0 Å². The van der Waals surface area contributed by atoms with Crippen LogP contribution >= 0.6 is 0 Å². The number of hydrogen-bond donors (Lipinski definition) is 1. The smallest absolute Gasteiger partial charge is 0.267 e. The Labute approximate surface area is 183 Å². The third-order valence-electron chi connectivity index (χ3n) is 5.44. The second kappa shape index (κ2) is 10.5. The van der Waals surface area contributed by atoms with E-state index in [1.165, 1.54) is 0 Å². The molecule has 0 saturated heterocycles. The molecule has 1 aromatic heterocycles. The lowest BCUT2D eigenvalue weighted by molar-refractivity contribution is 0.0722. The number of benzene rings is 2. The van der Waals surface area contributed by atoms with E-state index in [4.69, 9.17) is 4.74 Å². The van der Waals surface area contributed by atoms with E-state index in [1.807, 2.05) is 56.7 Å². The van der Waals surface area contributed by atoms with Crippen molar-refractivity contribution in [3.63, 3.8) is 0 Å². The van der Waals surface area contributed by atoms with Crippen LogP contribution in [-0.4, -0.2) is 48.0 Å². The Morgan fingerprint density at radius 2 is 1.84 bits per heavy atom. The zero-order valence-corrected chi connectivity index (χ0v) is 18.2. The fourth-order valence-corrected chi connectivity index (χ4v) is 3.58. The van der Waals surface area contributed by atoms with Gasteiger partial charge in [-0.2, -0.15) is 0 Å². The van der Waals surface area contributed by atoms with Gasteiger partial charge in [-0.25, -0.2) is 0 Å². The van der Waals surface area contributed by atoms with Crippen LogP contribution in [0.3, 0.4) is 0 Å². The molecule has 162 valence electrons. The maximum Gasteiger partial charge on any atom is 0.267 e. The van der Waals surface area contributed by atoms with Gasteiger partial charge in [0, 0.05) is 38.4 Å². The molecule has 1 atom stereocenters. The lowest BCUT2D eigenvalue weighted by Crippen LogP contribution is -2.41. The summed E-state index contributed by atoms with van der Waals surface area (Å²) in [5.74, 6) is 0.454. The molecular weight excluding hydrogens is 390 g/mol. The van der Waals surface area contributed by atoms with Gasteiger partial charge in [-0.05, 0) is 48.7 Å². The Kier molecular flexibility index (Phi) is 7.49. The quantitative estimate of drug-likeness (QED) is 0.577. The molecule has 0 radical (unpaired) electrons. The molecule has 0 fully saturated rings. The third-order valence-corrected chi connectivity index (χ3v) is 5.44. The van der Waals surface area contributed by atoms with Crippen molar-refractivity contribution in [3.05, 3.63) is 89.7 Å². The van der Waals surface area contributed by atoms with Gasteiger partial charge in [0.25, 0.3) is 11.8 Å². The number of methoxy groups -OCH3 is 1. The summed E-state index contributed by atoms with van der Waals surface area (Å²) < 4.78 is 7.04. The van der Waals surface area contributed by atoms with E-state index in [0.717, 1.165) is 5.56 Å². The number of likely N-dealkylation sites (N-methyl/N-ethyl adjacent to an activating group) is 1. The summed E-state index contributed by atoms with van der Waals surface area (Å²) in [5, 5.41) is 2.98. The van der Waals surface area contributed by atoms with Crippen LogP contribution in [0.1, 0.15) is 32.8 Å². The summed E-state index contributed by atoms with van der Waals surface area (Å²) in [6.45, 7) is 0.469. The second-order valence-electron chi connectivity index (χ2n) is 7.54. The number of rotatable bonds is 9. The third kappa shape index (κ3) is 5.75. The number of ether oxygens (including phenoxy) is 1. The van der Waals surface area contributed by atoms with Gasteiger partial charge in [0.05, 0.1) is 7.11 Å². The van der Waals surface area contributed by atoms with Crippen molar-refractivity contribution < 1.29 is 14.3 Å². The monoisotopic (exact) mass is 419 g/mol. The molecule has 6 nitrogen and oxygen atoms in total. The minimum Gasteiger partial charge on any atom is -0.497 e. The molecule has 0 aliphatic rings. The fourth-order valence-electron chi connectivity index (χ4n) is 3.58. The lowest BCUT2D eigenvalue weighted by atomic mass is 10.0. The second-order valence-corrected chi connectivity index (χ2v) is 7.54. The first-order chi connectivity index (χ1) is 15.0. The van der Waals surface area contributed by atoms with Gasteiger partial charge in [-0.1, -0.05) is 36.4 Å². The maximum atomic E-state index is 13.2. The van der Waals surface area contributed by atoms with Crippen LogP contribution in [-0.2, 0) is 13.5 Å². The highest BCUT2D eigenvalue weighted by Crippen LogP contribution is 2.18. The topological polar surface area (TPSA) is 63.6 Å². The van der Waals surface area contributed by atoms with Crippen molar-refractivity contribution in [3.8, 4) is 5.75 Å². The Bertz CT molecular complexity index is 1010. The molecule has 6 heteroatoms. The zero-order chi connectivity index (χ0) is 22.2. The van der Waals surface area contributed by atoms with Gasteiger partial charge in [-0.15, -0.1) is 0 Å². The van der Waals surface area contributed by atoms with E-state index >= 15 is 0 Å². The molecule has 1 heterocycles. The van der Waals surface area contributed by atoms with Crippen LogP contribution in [0.25, 0.3) is 0 Å². The van der Waals surface area contributed by atoms with E-state index in [2.05, 4.69) is 17.4 Å².